The highest BCUT2D eigenvalue weighted by Crippen LogP contribution is 2.25. The smallest absolute Gasteiger partial charge is 0.226 e. The molecule has 0 saturated carbocycles. The number of nitrogens with zero attached hydrogens (tertiary/aromatic N) is 3. The SMILES string of the molecule is CN(C)C(CNC(=O)CCCc1nc(-c2ccc(Cl)cc2)no1)c1ccccc1Cl. The highest BCUT2D eigenvalue weighted by atomic mass is 35.5. The van der Waals surface area contributed by atoms with Crippen molar-refractivity contribution in [2.75, 3.05) is 20.6 Å². The van der Waals surface area contributed by atoms with Gasteiger partial charge in [0.1, 0.15) is 0 Å². The van der Waals surface area contributed by atoms with E-state index >= 15 is 0 Å². The van der Waals surface area contributed by atoms with Crippen molar-refractivity contribution in [3.8, 4) is 11.4 Å². The average molecular weight is 447 g/mol. The molecule has 3 rings (SSSR count). The lowest BCUT2D eigenvalue weighted by Crippen LogP contribution is -2.34. The molecular formula is C22H24Cl2N4O2. The lowest BCUT2D eigenvalue weighted by Gasteiger charge is -2.26. The molecule has 1 unspecified atom stereocenters. The molecule has 8 heteroatoms. The molecule has 0 saturated heterocycles. The number of amides is 1. The molecule has 1 aromatic heterocycles. The third-order valence-corrected chi connectivity index (χ3v) is 5.34. The lowest BCUT2D eigenvalue weighted by molar-refractivity contribution is -0.121. The van der Waals surface area contributed by atoms with Crippen LogP contribution in [0.3, 0.4) is 0 Å². The van der Waals surface area contributed by atoms with Gasteiger partial charge in [-0.25, -0.2) is 0 Å². The summed E-state index contributed by atoms with van der Waals surface area (Å²) in [5, 5.41) is 8.33. The Morgan fingerprint density at radius 2 is 1.87 bits per heavy atom. The van der Waals surface area contributed by atoms with Crippen molar-refractivity contribution in [1.82, 2.24) is 20.4 Å². The van der Waals surface area contributed by atoms with Gasteiger partial charge in [-0.2, -0.15) is 4.98 Å². The molecule has 1 heterocycles. The van der Waals surface area contributed by atoms with E-state index in [1.54, 1.807) is 12.1 Å². The van der Waals surface area contributed by atoms with E-state index in [0.717, 1.165) is 11.1 Å². The molecular weight excluding hydrogens is 423 g/mol. The molecule has 0 aliphatic rings. The van der Waals surface area contributed by atoms with Crippen LogP contribution in [-0.2, 0) is 11.2 Å². The molecule has 0 radical (unpaired) electrons. The number of carbonyl (C=O) groups excluding carboxylic acids is 1. The highest BCUT2D eigenvalue weighted by molar-refractivity contribution is 6.31. The maximum atomic E-state index is 12.3. The summed E-state index contributed by atoms with van der Waals surface area (Å²) in [5.41, 5.74) is 1.83. The monoisotopic (exact) mass is 446 g/mol. The first kappa shape index (κ1) is 22.3. The van der Waals surface area contributed by atoms with Crippen LogP contribution in [0.2, 0.25) is 10.0 Å². The Labute approximate surface area is 186 Å². The van der Waals surface area contributed by atoms with Crippen LogP contribution in [0, 0.1) is 0 Å². The summed E-state index contributed by atoms with van der Waals surface area (Å²) in [5.74, 6) is 1.00. The Morgan fingerprint density at radius 1 is 1.13 bits per heavy atom. The first-order valence-electron chi connectivity index (χ1n) is 9.70. The number of hydrogen-bond donors (Lipinski definition) is 1. The zero-order valence-electron chi connectivity index (χ0n) is 16.9. The molecule has 30 heavy (non-hydrogen) atoms. The number of halogens is 2. The van der Waals surface area contributed by atoms with E-state index in [1.807, 2.05) is 55.4 Å². The Kier molecular flexibility index (Phi) is 7.85. The predicted molar refractivity (Wildman–Crippen MR) is 119 cm³/mol. The number of rotatable bonds is 9. The predicted octanol–water partition coefficient (Wildman–Crippen LogP) is 4.79. The quantitative estimate of drug-likeness (QED) is 0.511. The van der Waals surface area contributed by atoms with Crippen LogP contribution in [0.1, 0.15) is 30.3 Å². The summed E-state index contributed by atoms with van der Waals surface area (Å²) in [4.78, 5) is 18.7. The third-order valence-electron chi connectivity index (χ3n) is 4.75. The number of nitrogens with one attached hydrogen (secondary N) is 1. The topological polar surface area (TPSA) is 71.3 Å². The number of likely N-dealkylation sites (N-methyl/N-ethyl adjacent to an activating group) is 1. The number of carbonyl (C=O) groups is 1. The standard InChI is InChI=1S/C22H24Cl2N4O2/c1-28(2)19(17-6-3-4-7-18(17)24)14-25-20(29)8-5-9-21-26-22(27-30-21)15-10-12-16(23)13-11-15/h3-4,6-7,10-13,19H,5,8-9,14H2,1-2H3,(H,25,29). The van der Waals surface area contributed by atoms with Crippen LogP contribution >= 0.6 is 23.2 Å². The van der Waals surface area contributed by atoms with Crippen molar-refractivity contribution in [3.05, 3.63) is 70.0 Å². The molecule has 1 N–H and O–H groups in total. The van der Waals surface area contributed by atoms with Gasteiger partial charge in [0.25, 0.3) is 0 Å². The van der Waals surface area contributed by atoms with Crippen LogP contribution in [0.5, 0.6) is 0 Å². The fraction of sp³-hybridized carbons (Fsp3) is 0.318. The van der Waals surface area contributed by atoms with Crippen molar-refractivity contribution in [2.24, 2.45) is 0 Å². The highest BCUT2D eigenvalue weighted by Gasteiger charge is 2.18. The molecule has 0 fully saturated rings. The lowest BCUT2D eigenvalue weighted by atomic mass is 10.1. The second kappa shape index (κ2) is 10.6. The molecule has 0 bridgehead atoms. The van der Waals surface area contributed by atoms with Gasteiger partial charge in [-0.05, 0) is 56.4 Å². The normalized spacial score (nSPS) is 12.2. The largest absolute Gasteiger partial charge is 0.354 e. The summed E-state index contributed by atoms with van der Waals surface area (Å²) < 4.78 is 5.28. The number of benzene rings is 2. The average Bonchev–Trinajstić information content (AvgIpc) is 3.18. The molecule has 0 aliphatic heterocycles. The molecule has 3 aromatic rings. The minimum atomic E-state index is -0.0219. The summed E-state index contributed by atoms with van der Waals surface area (Å²) in [6.45, 7) is 0.483. The van der Waals surface area contributed by atoms with E-state index in [9.17, 15) is 4.79 Å². The number of aryl methyl sites for hydroxylation is 1. The van der Waals surface area contributed by atoms with E-state index in [0.29, 0.717) is 47.6 Å². The van der Waals surface area contributed by atoms with Gasteiger partial charge in [-0.3, -0.25) is 4.79 Å². The maximum absolute atomic E-state index is 12.3. The molecule has 1 amide bonds. The molecule has 0 aliphatic carbocycles. The number of hydrogen-bond acceptors (Lipinski definition) is 5. The zero-order valence-corrected chi connectivity index (χ0v) is 18.5. The fourth-order valence-corrected chi connectivity index (χ4v) is 3.48. The van der Waals surface area contributed by atoms with Gasteiger partial charge in [-0.1, -0.05) is 46.6 Å². The molecule has 1 atom stereocenters. The zero-order chi connectivity index (χ0) is 21.5. The van der Waals surface area contributed by atoms with Crippen molar-refractivity contribution < 1.29 is 9.32 Å². The summed E-state index contributed by atoms with van der Waals surface area (Å²) >= 11 is 12.2. The van der Waals surface area contributed by atoms with Gasteiger partial charge in [-0.15, -0.1) is 0 Å². The van der Waals surface area contributed by atoms with Gasteiger partial charge >= 0.3 is 0 Å². The van der Waals surface area contributed by atoms with Crippen LogP contribution in [0.15, 0.2) is 53.1 Å². The third kappa shape index (κ3) is 6.05. The Balaban J connectivity index is 1.47. The van der Waals surface area contributed by atoms with Gasteiger partial charge in [0.15, 0.2) is 0 Å². The van der Waals surface area contributed by atoms with E-state index in [2.05, 4.69) is 15.5 Å². The van der Waals surface area contributed by atoms with Crippen molar-refractivity contribution in [2.45, 2.75) is 25.3 Å². The van der Waals surface area contributed by atoms with E-state index in [-0.39, 0.29) is 11.9 Å². The summed E-state index contributed by atoms with van der Waals surface area (Å²) in [6, 6.07) is 14.9. The van der Waals surface area contributed by atoms with Crippen molar-refractivity contribution >= 4 is 29.1 Å². The number of aromatic nitrogens is 2. The van der Waals surface area contributed by atoms with Crippen LogP contribution in [0.4, 0.5) is 0 Å². The second-order valence-corrected chi connectivity index (χ2v) is 8.02. The fourth-order valence-electron chi connectivity index (χ4n) is 3.09. The first-order valence-corrected chi connectivity index (χ1v) is 10.5. The second-order valence-electron chi connectivity index (χ2n) is 7.18. The van der Waals surface area contributed by atoms with Gasteiger partial charge < -0.3 is 14.7 Å². The van der Waals surface area contributed by atoms with E-state index in [4.69, 9.17) is 27.7 Å². The minimum absolute atomic E-state index is 0.000486. The summed E-state index contributed by atoms with van der Waals surface area (Å²) in [7, 11) is 3.93. The molecule has 0 spiro atoms. The molecule has 158 valence electrons. The summed E-state index contributed by atoms with van der Waals surface area (Å²) in [6.07, 6.45) is 1.53. The minimum Gasteiger partial charge on any atom is -0.354 e. The van der Waals surface area contributed by atoms with Gasteiger partial charge in [0.05, 0.1) is 6.04 Å². The molecule has 2 aromatic carbocycles. The van der Waals surface area contributed by atoms with Crippen LogP contribution < -0.4 is 5.32 Å². The van der Waals surface area contributed by atoms with Crippen molar-refractivity contribution in [1.29, 1.82) is 0 Å². The van der Waals surface area contributed by atoms with Gasteiger partial charge in [0.2, 0.25) is 17.6 Å². The Bertz CT molecular complexity index is 973. The van der Waals surface area contributed by atoms with Crippen molar-refractivity contribution in [3.63, 3.8) is 0 Å². The maximum Gasteiger partial charge on any atom is 0.226 e. The molecule has 6 nitrogen and oxygen atoms in total. The Morgan fingerprint density at radius 3 is 2.57 bits per heavy atom. The van der Waals surface area contributed by atoms with Crippen LogP contribution in [-0.4, -0.2) is 41.6 Å². The Hall–Kier alpha value is -2.41. The van der Waals surface area contributed by atoms with E-state index < -0.39 is 0 Å². The first-order chi connectivity index (χ1) is 14.4. The van der Waals surface area contributed by atoms with Gasteiger partial charge in [0, 0.05) is 35.0 Å². The van der Waals surface area contributed by atoms with Crippen LogP contribution in [0.25, 0.3) is 11.4 Å². The van der Waals surface area contributed by atoms with E-state index in [1.165, 1.54) is 0 Å².